The second-order valence-electron chi connectivity index (χ2n) is 6.50. The van der Waals surface area contributed by atoms with Crippen molar-refractivity contribution < 1.29 is 8.42 Å². The van der Waals surface area contributed by atoms with E-state index in [-0.39, 0.29) is 0 Å². The van der Waals surface area contributed by atoms with E-state index in [1.165, 1.54) is 0 Å². The SMILES string of the molecule is CCc1ccc(S(=O)(=O)N2Cc3c(CN(C)C)nn(C)c3C2)cc1. The summed E-state index contributed by atoms with van der Waals surface area (Å²) in [4.78, 5) is 2.40. The van der Waals surface area contributed by atoms with Gasteiger partial charge in [-0.15, -0.1) is 0 Å². The zero-order chi connectivity index (χ0) is 17.5. The van der Waals surface area contributed by atoms with E-state index in [2.05, 4.69) is 12.0 Å². The van der Waals surface area contributed by atoms with E-state index in [9.17, 15) is 8.42 Å². The molecule has 1 aromatic heterocycles. The highest BCUT2D eigenvalue weighted by Gasteiger charge is 2.34. The van der Waals surface area contributed by atoms with Crippen molar-refractivity contribution in [2.45, 2.75) is 37.9 Å². The van der Waals surface area contributed by atoms with Gasteiger partial charge in [0.05, 0.1) is 22.8 Å². The Morgan fingerprint density at radius 1 is 1.17 bits per heavy atom. The van der Waals surface area contributed by atoms with Gasteiger partial charge in [0.25, 0.3) is 0 Å². The molecule has 0 N–H and O–H groups in total. The van der Waals surface area contributed by atoms with Crippen LogP contribution in [-0.2, 0) is 43.1 Å². The second kappa shape index (κ2) is 6.31. The molecule has 0 atom stereocenters. The van der Waals surface area contributed by atoms with Gasteiger partial charge in [0.2, 0.25) is 10.0 Å². The highest BCUT2D eigenvalue weighted by Crippen LogP contribution is 2.31. The van der Waals surface area contributed by atoms with Crippen LogP contribution in [0.4, 0.5) is 0 Å². The van der Waals surface area contributed by atoms with Crippen molar-refractivity contribution in [2.75, 3.05) is 14.1 Å². The van der Waals surface area contributed by atoms with E-state index in [1.54, 1.807) is 16.4 Å². The first-order chi connectivity index (χ1) is 11.3. The Kier molecular flexibility index (Phi) is 4.50. The average Bonchev–Trinajstić information content (AvgIpc) is 3.09. The van der Waals surface area contributed by atoms with E-state index in [0.29, 0.717) is 24.5 Å². The monoisotopic (exact) mass is 348 g/mol. The maximum Gasteiger partial charge on any atom is 0.243 e. The van der Waals surface area contributed by atoms with Gasteiger partial charge in [-0.25, -0.2) is 8.42 Å². The first-order valence-corrected chi connectivity index (χ1v) is 9.54. The van der Waals surface area contributed by atoms with Crippen LogP contribution in [0.5, 0.6) is 0 Å². The smallest absolute Gasteiger partial charge is 0.243 e. The summed E-state index contributed by atoms with van der Waals surface area (Å²) in [5.41, 5.74) is 4.12. The van der Waals surface area contributed by atoms with Crippen LogP contribution in [0.3, 0.4) is 0 Å². The van der Waals surface area contributed by atoms with Crippen LogP contribution in [0, 0.1) is 0 Å². The lowest BCUT2D eigenvalue weighted by molar-refractivity contribution is 0.384. The van der Waals surface area contributed by atoms with E-state index < -0.39 is 10.0 Å². The largest absolute Gasteiger partial charge is 0.303 e. The number of fused-ring (bicyclic) bond motifs is 1. The molecule has 130 valence electrons. The van der Waals surface area contributed by atoms with Crippen LogP contribution in [-0.4, -0.2) is 41.5 Å². The van der Waals surface area contributed by atoms with Crippen molar-refractivity contribution in [1.82, 2.24) is 19.0 Å². The fourth-order valence-corrected chi connectivity index (χ4v) is 4.46. The first kappa shape index (κ1) is 17.1. The third-order valence-corrected chi connectivity index (χ3v) is 6.26. The van der Waals surface area contributed by atoms with Gasteiger partial charge in [0.1, 0.15) is 0 Å². The Morgan fingerprint density at radius 3 is 2.42 bits per heavy atom. The molecule has 0 fully saturated rings. The molecular formula is C17H24N4O2S. The third kappa shape index (κ3) is 2.99. The van der Waals surface area contributed by atoms with Crippen LogP contribution >= 0.6 is 0 Å². The van der Waals surface area contributed by atoms with Gasteiger partial charge in [-0.2, -0.15) is 9.40 Å². The van der Waals surface area contributed by atoms with E-state index >= 15 is 0 Å². The molecule has 7 heteroatoms. The fraction of sp³-hybridized carbons (Fsp3) is 0.471. The van der Waals surface area contributed by atoms with Crippen molar-refractivity contribution in [1.29, 1.82) is 0 Å². The molecule has 0 bridgehead atoms. The molecule has 0 spiro atoms. The van der Waals surface area contributed by atoms with Crippen LogP contribution in [0.2, 0.25) is 0 Å². The van der Waals surface area contributed by atoms with Gasteiger partial charge in [0, 0.05) is 25.7 Å². The Labute approximate surface area is 143 Å². The predicted molar refractivity (Wildman–Crippen MR) is 92.9 cm³/mol. The number of rotatable bonds is 5. The van der Waals surface area contributed by atoms with Crippen LogP contribution in [0.25, 0.3) is 0 Å². The van der Waals surface area contributed by atoms with Gasteiger partial charge in [-0.3, -0.25) is 4.68 Å². The summed E-state index contributed by atoms with van der Waals surface area (Å²) in [6, 6.07) is 7.18. The fourth-order valence-electron chi connectivity index (χ4n) is 3.09. The second-order valence-corrected chi connectivity index (χ2v) is 8.44. The summed E-state index contributed by atoms with van der Waals surface area (Å²) < 4.78 is 29.2. The molecule has 0 unspecified atom stereocenters. The van der Waals surface area contributed by atoms with Crippen molar-refractivity contribution >= 4 is 10.0 Å². The van der Waals surface area contributed by atoms with Gasteiger partial charge in [-0.05, 0) is 38.2 Å². The summed E-state index contributed by atoms with van der Waals surface area (Å²) in [6.07, 6.45) is 0.898. The number of hydrogen-bond donors (Lipinski definition) is 0. The van der Waals surface area contributed by atoms with Gasteiger partial charge < -0.3 is 4.90 Å². The molecule has 3 rings (SSSR count). The number of aryl methyl sites for hydroxylation is 2. The highest BCUT2D eigenvalue weighted by molar-refractivity contribution is 7.89. The molecule has 2 aromatic rings. The molecule has 2 heterocycles. The standard InChI is InChI=1S/C17H24N4O2S/c1-5-13-6-8-14(9-7-13)24(22,23)21-10-15-16(11-19(2)3)18-20(4)17(15)12-21/h6-9H,5,10-12H2,1-4H3. The quantitative estimate of drug-likeness (QED) is 0.826. The lowest BCUT2D eigenvalue weighted by Crippen LogP contribution is -2.27. The summed E-state index contributed by atoms with van der Waals surface area (Å²) in [7, 11) is 2.37. The van der Waals surface area contributed by atoms with Crippen molar-refractivity contribution in [2.24, 2.45) is 7.05 Å². The lowest BCUT2D eigenvalue weighted by Gasteiger charge is -2.17. The Morgan fingerprint density at radius 2 is 1.83 bits per heavy atom. The number of hydrogen-bond acceptors (Lipinski definition) is 4. The molecule has 6 nitrogen and oxygen atoms in total. The molecule has 0 saturated carbocycles. The highest BCUT2D eigenvalue weighted by atomic mass is 32.2. The van der Waals surface area contributed by atoms with Gasteiger partial charge >= 0.3 is 0 Å². The van der Waals surface area contributed by atoms with Crippen LogP contribution in [0.1, 0.15) is 29.4 Å². The molecule has 0 radical (unpaired) electrons. The minimum Gasteiger partial charge on any atom is -0.303 e. The van der Waals surface area contributed by atoms with E-state index in [4.69, 9.17) is 0 Å². The summed E-state index contributed by atoms with van der Waals surface area (Å²) in [6.45, 7) is 3.54. The maximum absolute atomic E-state index is 12.9. The molecule has 0 saturated heterocycles. The Hall–Kier alpha value is -1.70. The van der Waals surface area contributed by atoms with Gasteiger partial charge in [0.15, 0.2) is 0 Å². The molecular weight excluding hydrogens is 324 g/mol. The summed E-state index contributed by atoms with van der Waals surface area (Å²) >= 11 is 0. The minimum absolute atomic E-state index is 0.356. The molecule has 1 aliphatic rings. The average molecular weight is 348 g/mol. The summed E-state index contributed by atoms with van der Waals surface area (Å²) in [5.74, 6) is 0. The molecule has 1 aliphatic heterocycles. The maximum atomic E-state index is 12.9. The van der Waals surface area contributed by atoms with Gasteiger partial charge in [-0.1, -0.05) is 19.1 Å². The van der Waals surface area contributed by atoms with Crippen LogP contribution in [0.15, 0.2) is 29.2 Å². The predicted octanol–water partition coefficient (Wildman–Crippen LogP) is 1.75. The zero-order valence-electron chi connectivity index (χ0n) is 14.7. The molecule has 0 amide bonds. The summed E-state index contributed by atoms with van der Waals surface area (Å²) in [5, 5.41) is 4.54. The Balaban J connectivity index is 1.88. The lowest BCUT2D eigenvalue weighted by atomic mass is 10.2. The minimum atomic E-state index is -3.48. The van der Waals surface area contributed by atoms with E-state index in [1.807, 2.05) is 42.9 Å². The number of nitrogens with zero attached hydrogens (tertiary/aromatic N) is 4. The first-order valence-electron chi connectivity index (χ1n) is 8.10. The molecule has 24 heavy (non-hydrogen) atoms. The zero-order valence-corrected chi connectivity index (χ0v) is 15.5. The normalized spacial score (nSPS) is 15.2. The third-order valence-electron chi connectivity index (χ3n) is 4.45. The van der Waals surface area contributed by atoms with Crippen molar-refractivity contribution in [3.8, 4) is 0 Å². The molecule has 0 aliphatic carbocycles. The van der Waals surface area contributed by atoms with Crippen molar-refractivity contribution in [3.05, 3.63) is 46.8 Å². The number of benzene rings is 1. The number of aromatic nitrogens is 2. The molecule has 1 aromatic carbocycles. The van der Waals surface area contributed by atoms with Crippen molar-refractivity contribution in [3.63, 3.8) is 0 Å². The van der Waals surface area contributed by atoms with E-state index in [0.717, 1.165) is 28.9 Å². The topological polar surface area (TPSA) is 58.4 Å². The van der Waals surface area contributed by atoms with Crippen LogP contribution < -0.4 is 0 Å². The number of sulfonamides is 1. The Bertz CT molecular complexity index is 838.